The quantitative estimate of drug-likeness (QED) is 0.635. The number of hydrogen-bond acceptors (Lipinski definition) is 4. The predicted octanol–water partition coefficient (Wildman–Crippen LogP) is 1.34. The van der Waals surface area contributed by atoms with Crippen LogP contribution in [0.5, 0.6) is 0 Å². The van der Waals surface area contributed by atoms with Gasteiger partial charge in [0.05, 0.1) is 28.4 Å². The topological polar surface area (TPSA) is 98.7 Å². The van der Waals surface area contributed by atoms with E-state index in [0.717, 1.165) is 0 Å². The Kier molecular flexibility index (Phi) is 5.50. The Balaban J connectivity index is 2.62. The number of anilines is 1. The van der Waals surface area contributed by atoms with Crippen LogP contribution in [0.2, 0.25) is 5.02 Å². The zero-order valence-electron chi connectivity index (χ0n) is 11.2. The number of carbonyl (C=O) groups excluding carboxylic acids is 1. The molecule has 110 valence electrons. The standard InChI is InChI=1S/C13H17ClN2O4/c1-13(2,20)7-15-6-11(17)16-10-5-8(12(18)19)3-4-9(10)14/h3-5,15,20H,6-7H2,1-2H3,(H,16,17)(H,18,19). The Morgan fingerprint density at radius 2 is 2.00 bits per heavy atom. The van der Waals surface area contributed by atoms with Gasteiger partial charge in [0, 0.05) is 6.54 Å². The number of carboxylic acids is 1. The fraction of sp³-hybridized carbons (Fsp3) is 0.385. The first-order valence-electron chi connectivity index (χ1n) is 5.95. The van der Waals surface area contributed by atoms with Crippen LogP contribution in [0.3, 0.4) is 0 Å². The highest BCUT2D eigenvalue weighted by Crippen LogP contribution is 2.22. The molecule has 0 saturated heterocycles. The summed E-state index contributed by atoms with van der Waals surface area (Å²) in [4.78, 5) is 22.5. The lowest BCUT2D eigenvalue weighted by atomic mass is 10.1. The van der Waals surface area contributed by atoms with Gasteiger partial charge < -0.3 is 20.8 Å². The summed E-state index contributed by atoms with van der Waals surface area (Å²) in [6, 6.07) is 4.05. The van der Waals surface area contributed by atoms with Crippen molar-refractivity contribution in [2.24, 2.45) is 0 Å². The van der Waals surface area contributed by atoms with E-state index in [9.17, 15) is 14.7 Å². The normalized spacial score (nSPS) is 11.2. The molecule has 0 fully saturated rings. The number of halogens is 1. The first-order valence-corrected chi connectivity index (χ1v) is 6.32. The average Bonchev–Trinajstić information content (AvgIpc) is 2.30. The molecule has 0 heterocycles. The predicted molar refractivity (Wildman–Crippen MR) is 76.2 cm³/mol. The molecule has 20 heavy (non-hydrogen) atoms. The lowest BCUT2D eigenvalue weighted by Gasteiger charge is -2.17. The van der Waals surface area contributed by atoms with Crippen molar-refractivity contribution in [1.82, 2.24) is 5.32 Å². The van der Waals surface area contributed by atoms with Crippen LogP contribution >= 0.6 is 11.6 Å². The molecule has 0 aliphatic rings. The lowest BCUT2D eigenvalue weighted by Crippen LogP contribution is -2.38. The highest BCUT2D eigenvalue weighted by atomic mass is 35.5. The van der Waals surface area contributed by atoms with Crippen LogP contribution in [-0.2, 0) is 4.79 Å². The van der Waals surface area contributed by atoms with E-state index in [1.54, 1.807) is 13.8 Å². The third kappa shape index (κ3) is 5.56. The molecule has 7 heteroatoms. The van der Waals surface area contributed by atoms with Crippen LogP contribution in [0, 0.1) is 0 Å². The second kappa shape index (κ2) is 6.69. The molecule has 0 aromatic heterocycles. The lowest BCUT2D eigenvalue weighted by molar-refractivity contribution is -0.115. The third-order valence-electron chi connectivity index (χ3n) is 2.33. The van der Waals surface area contributed by atoms with Gasteiger partial charge in [-0.15, -0.1) is 0 Å². The molecule has 0 saturated carbocycles. The van der Waals surface area contributed by atoms with Crippen molar-refractivity contribution in [1.29, 1.82) is 0 Å². The SMILES string of the molecule is CC(C)(O)CNCC(=O)Nc1cc(C(=O)O)ccc1Cl. The van der Waals surface area contributed by atoms with Crippen LogP contribution in [0.25, 0.3) is 0 Å². The van der Waals surface area contributed by atoms with E-state index in [-0.39, 0.29) is 35.3 Å². The van der Waals surface area contributed by atoms with E-state index >= 15 is 0 Å². The molecule has 0 spiro atoms. The zero-order chi connectivity index (χ0) is 15.3. The van der Waals surface area contributed by atoms with E-state index in [1.165, 1.54) is 18.2 Å². The summed E-state index contributed by atoms with van der Waals surface area (Å²) in [7, 11) is 0. The third-order valence-corrected chi connectivity index (χ3v) is 2.66. The molecule has 1 aromatic rings. The molecule has 1 amide bonds. The maximum absolute atomic E-state index is 11.7. The molecule has 1 aromatic carbocycles. The van der Waals surface area contributed by atoms with E-state index in [1.807, 2.05) is 0 Å². The van der Waals surface area contributed by atoms with Crippen molar-refractivity contribution in [3.63, 3.8) is 0 Å². The molecule has 0 unspecified atom stereocenters. The Bertz CT molecular complexity index is 512. The molecule has 6 nitrogen and oxygen atoms in total. The van der Waals surface area contributed by atoms with Crippen molar-refractivity contribution < 1.29 is 19.8 Å². The minimum absolute atomic E-state index is 0.0163. The minimum atomic E-state index is -1.10. The van der Waals surface area contributed by atoms with Crippen molar-refractivity contribution in [3.8, 4) is 0 Å². The molecule has 4 N–H and O–H groups in total. The van der Waals surface area contributed by atoms with E-state index in [2.05, 4.69) is 10.6 Å². The van der Waals surface area contributed by atoms with Gasteiger partial charge >= 0.3 is 5.97 Å². The minimum Gasteiger partial charge on any atom is -0.478 e. The summed E-state index contributed by atoms with van der Waals surface area (Å²) in [5.41, 5.74) is -0.642. The number of aromatic carboxylic acids is 1. The van der Waals surface area contributed by atoms with Crippen molar-refractivity contribution in [2.45, 2.75) is 19.4 Å². The van der Waals surface area contributed by atoms with E-state index in [4.69, 9.17) is 16.7 Å². The number of benzene rings is 1. The van der Waals surface area contributed by atoms with Crippen LogP contribution in [-0.4, -0.2) is 40.8 Å². The van der Waals surface area contributed by atoms with Crippen molar-refractivity contribution in [2.75, 3.05) is 18.4 Å². The van der Waals surface area contributed by atoms with Crippen LogP contribution in [0.4, 0.5) is 5.69 Å². The summed E-state index contributed by atoms with van der Waals surface area (Å²) in [5.74, 6) is -1.48. The number of carbonyl (C=O) groups is 2. The molecular formula is C13H17ClN2O4. The summed E-state index contributed by atoms with van der Waals surface area (Å²) in [5, 5.41) is 23.9. The first kappa shape index (κ1) is 16.4. The largest absolute Gasteiger partial charge is 0.478 e. The maximum atomic E-state index is 11.7. The summed E-state index contributed by atoms with van der Waals surface area (Å²) < 4.78 is 0. The second-order valence-corrected chi connectivity index (χ2v) is 5.37. The van der Waals surface area contributed by atoms with Gasteiger partial charge in [-0.1, -0.05) is 11.6 Å². The van der Waals surface area contributed by atoms with Crippen LogP contribution in [0.15, 0.2) is 18.2 Å². The number of nitrogens with one attached hydrogen (secondary N) is 2. The average molecular weight is 301 g/mol. The fourth-order valence-corrected chi connectivity index (χ4v) is 1.60. The maximum Gasteiger partial charge on any atom is 0.335 e. The van der Waals surface area contributed by atoms with Gasteiger partial charge in [0.2, 0.25) is 5.91 Å². The highest BCUT2D eigenvalue weighted by Gasteiger charge is 2.13. The molecule has 1 rings (SSSR count). The number of aliphatic hydroxyl groups is 1. The first-order chi connectivity index (χ1) is 9.19. The van der Waals surface area contributed by atoms with Gasteiger partial charge in [-0.3, -0.25) is 4.79 Å². The highest BCUT2D eigenvalue weighted by molar-refractivity contribution is 6.33. The Hall–Kier alpha value is -1.63. The molecule has 0 bridgehead atoms. The number of hydrogen-bond donors (Lipinski definition) is 4. The molecule has 0 atom stereocenters. The van der Waals surface area contributed by atoms with E-state index in [0.29, 0.717) is 0 Å². The number of amides is 1. The molecule has 0 aliphatic heterocycles. The summed E-state index contributed by atoms with van der Waals surface area (Å²) in [6.07, 6.45) is 0. The van der Waals surface area contributed by atoms with Gasteiger partial charge in [-0.2, -0.15) is 0 Å². The van der Waals surface area contributed by atoms with Crippen molar-refractivity contribution in [3.05, 3.63) is 28.8 Å². The van der Waals surface area contributed by atoms with Crippen LogP contribution in [0.1, 0.15) is 24.2 Å². The van der Waals surface area contributed by atoms with E-state index < -0.39 is 11.6 Å². The Labute approximate surface area is 121 Å². The zero-order valence-corrected chi connectivity index (χ0v) is 12.0. The van der Waals surface area contributed by atoms with Crippen molar-refractivity contribution >= 4 is 29.2 Å². The van der Waals surface area contributed by atoms with Gasteiger partial charge in [-0.25, -0.2) is 4.79 Å². The van der Waals surface area contributed by atoms with Gasteiger partial charge in [0.15, 0.2) is 0 Å². The summed E-state index contributed by atoms with van der Waals surface area (Å²) in [6.45, 7) is 3.47. The monoisotopic (exact) mass is 300 g/mol. The van der Waals surface area contributed by atoms with Gasteiger partial charge in [0.1, 0.15) is 0 Å². The number of rotatable bonds is 6. The van der Waals surface area contributed by atoms with Gasteiger partial charge in [-0.05, 0) is 32.0 Å². The second-order valence-electron chi connectivity index (χ2n) is 4.96. The molecule has 0 aliphatic carbocycles. The Morgan fingerprint density at radius 3 is 2.55 bits per heavy atom. The summed E-state index contributed by atoms with van der Waals surface area (Å²) >= 11 is 5.88. The molecule has 0 radical (unpaired) electrons. The van der Waals surface area contributed by atoms with Crippen LogP contribution < -0.4 is 10.6 Å². The smallest absolute Gasteiger partial charge is 0.335 e. The number of carboxylic acid groups (broad SMARTS) is 1. The Morgan fingerprint density at radius 1 is 1.35 bits per heavy atom. The van der Waals surface area contributed by atoms with Gasteiger partial charge in [0.25, 0.3) is 0 Å². The fourth-order valence-electron chi connectivity index (χ4n) is 1.43. The molecular weight excluding hydrogens is 284 g/mol.